The minimum absolute atomic E-state index is 0.138. The number of nitrogens with zero attached hydrogens (tertiary/aromatic N) is 5. The smallest absolute Gasteiger partial charge is 0.214 e. The van der Waals surface area contributed by atoms with Crippen molar-refractivity contribution in [1.29, 1.82) is 0 Å². The van der Waals surface area contributed by atoms with Gasteiger partial charge in [0.1, 0.15) is 0 Å². The molecule has 0 saturated heterocycles. The maximum atomic E-state index is 9.31. The number of hydrogen-bond acceptors (Lipinski definition) is 6. The van der Waals surface area contributed by atoms with Crippen molar-refractivity contribution in [3.63, 3.8) is 0 Å². The standard InChI is InChI=1S/C15H19N5OS/c21-17-13-10-6-1-2-7-11-14(13)22-15-16-18-19-20(15)12-8-4-3-5-9-12/h3-5,8-9,14,21H,1-2,6-7,10-11H2/b17-13-. The van der Waals surface area contributed by atoms with E-state index in [1.807, 2.05) is 30.3 Å². The van der Waals surface area contributed by atoms with Crippen LogP contribution in [0.1, 0.15) is 38.5 Å². The Morgan fingerprint density at radius 1 is 1.14 bits per heavy atom. The van der Waals surface area contributed by atoms with Crippen LogP contribution in [0.25, 0.3) is 5.69 Å². The summed E-state index contributed by atoms with van der Waals surface area (Å²) in [6, 6.07) is 9.83. The van der Waals surface area contributed by atoms with Crippen molar-refractivity contribution in [3.05, 3.63) is 30.3 Å². The van der Waals surface area contributed by atoms with Crippen LogP contribution in [0.3, 0.4) is 0 Å². The van der Waals surface area contributed by atoms with Crippen LogP contribution in [0, 0.1) is 0 Å². The van der Waals surface area contributed by atoms with E-state index in [9.17, 15) is 5.21 Å². The summed E-state index contributed by atoms with van der Waals surface area (Å²) in [5.41, 5.74) is 1.79. The van der Waals surface area contributed by atoms with Gasteiger partial charge in [-0.15, -0.1) is 5.10 Å². The van der Waals surface area contributed by atoms with Gasteiger partial charge in [-0.3, -0.25) is 0 Å². The molecule has 1 atom stereocenters. The molecule has 3 rings (SSSR count). The van der Waals surface area contributed by atoms with Crippen molar-refractivity contribution in [2.75, 3.05) is 0 Å². The largest absolute Gasteiger partial charge is 0.411 e. The van der Waals surface area contributed by atoms with Crippen molar-refractivity contribution in [2.45, 2.75) is 48.9 Å². The maximum absolute atomic E-state index is 9.31. The van der Waals surface area contributed by atoms with Crippen LogP contribution in [0.15, 0.2) is 40.6 Å². The molecule has 1 saturated carbocycles. The molecular weight excluding hydrogens is 298 g/mol. The summed E-state index contributed by atoms with van der Waals surface area (Å²) >= 11 is 1.58. The zero-order chi connectivity index (χ0) is 15.2. The molecule has 1 N–H and O–H groups in total. The van der Waals surface area contributed by atoms with Gasteiger partial charge in [0.15, 0.2) is 0 Å². The first-order valence-electron chi connectivity index (χ1n) is 7.60. The molecule has 7 heteroatoms. The Bertz CT molecular complexity index is 628. The summed E-state index contributed by atoms with van der Waals surface area (Å²) in [6.45, 7) is 0. The van der Waals surface area contributed by atoms with Gasteiger partial charge in [0.05, 0.1) is 16.6 Å². The molecule has 1 unspecified atom stereocenters. The molecule has 2 aromatic rings. The summed E-state index contributed by atoms with van der Waals surface area (Å²) in [5.74, 6) is 0. The lowest BCUT2D eigenvalue weighted by Crippen LogP contribution is -2.20. The first kappa shape index (κ1) is 15.0. The third-order valence-electron chi connectivity index (χ3n) is 3.84. The van der Waals surface area contributed by atoms with Crippen molar-refractivity contribution < 1.29 is 5.21 Å². The average Bonchev–Trinajstić information content (AvgIpc) is 2.99. The summed E-state index contributed by atoms with van der Waals surface area (Å²) in [6.07, 6.45) is 6.51. The summed E-state index contributed by atoms with van der Waals surface area (Å²) in [4.78, 5) is 0. The second kappa shape index (κ2) is 7.40. The normalized spacial score (nSPS) is 21.5. The topological polar surface area (TPSA) is 76.2 Å². The molecule has 1 heterocycles. The van der Waals surface area contributed by atoms with Gasteiger partial charge in [-0.1, -0.05) is 54.4 Å². The zero-order valence-electron chi connectivity index (χ0n) is 12.3. The van der Waals surface area contributed by atoms with E-state index in [0.29, 0.717) is 0 Å². The maximum Gasteiger partial charge on any atom is 0.214 e. The number of aromatic nitrogens is 4. The second-order valence-corrected chi connectivity index (χ2v) is 6.53. The van der Waals surface area contributed by atoms with Gasteiger partial charge in [0.25, 0.3) is 0 Å². The highest BCUT2D eigenvalue weighted by molar-refractivity contribution is 8.00. The van der Waals surface area contributed by atoms with Crippen molar-refractivity contribution >= 4 is 17.5 Å². The van der Waals surface area contributed by atoms with Crippen LogP contribution in [0.2, 0.25) is 0 Å². The molecule has 1 aromatic heterocycles. The van der Waals surface area contributed by atoms with Gasteiger partial charge >= 0.3 is 0 Å². The summed E-state index contributed by atoms with van der Waals surface area (Å²) < 4.78 is 1.73. The molecule has 1 aliphatic carbocycles. The van der Waals surface area contributed by atoms with Crippen molar-refractivity contribution in [1.82, 2.24) is 20.2 Å². The van der Waals surface area contributed by atoms with Crippen LogP contribution in [-0.4, -0.2) is 36.4 Å². The quantitative estimate of drug-likeness (QED) is 0.694. The van der Waals surface area contributed by atoms with Crippen molar-refractivity contribution in [3.8, 4) is 5.69 Å². The van der Waals surface area contributed by atoms with Crippen molar-refractivity contribution in [2.24, 2.45) is 5.16 Å². The second-order valence-electron chi connectivity index (χ2n) is 5.36. The molecule has 1 fully saturated rings. The molecule has 1 aliphatic rings. The minimum Gasteiger partial charge on any atom is -0.411 e. The molecule has 0 spiro atoms. The van der Waals surface area contributed by atoms with Crippen LogP contribution in [-0.2, 0) is 0 Å². The van der Waals surface area contributed by atoms with Crippen LogP contribution < -0.4 is 0 Å². The Kier molecular flexibility index (Phi) is 5.05. The number of thioether (sulfide) groups is 1. The highest BCUT2D eigenvalue weighted by atomic mass is 32.2. The van der Waals surface area contributed by atoms with Gasteiger partial charge in [-0.2, -0.15) is 4.68 Å². The number of hydrogen-bond donors (Lipinski definition) is 1. The van der Waals surface area contributed by atoms with Gasteiger partial charge in [-0.25, -0.2) is 0 Å². The monoisotopic (exact) mass is 317 g/mol. The SMILES string of the molecule is O/N=C1/CCCCCCC1Sc1nnnn1-c1ccccc1. The lowest BCUT2D eigenvalue weighted by molar-refractivity contribution is 0.315. The minimum atomic E-state index is 0.138. The van der Waals surface area contributed by atoms with E-state index in [1.54, 1.807) is 16.4 Å². The molecule has 0 amide bonds. The first-order chi connectivity index (χ1) is 10.9. The first-order valence-corrected chi connectivity index (χ1v) is 8.48. The molecule has 6 nitrogen and oxygen atoms in total. The molecule has 0 radical (unpaired) electrons. The molecule has 116 valence electrons. The Labute approximate surface area is 133 Å². The number of benzene rings is 1. The fourth-order valence-electron chi connectivity index (χ4n) is 2.67. The van der Waals surface area contributed by atoms with Crippen LogP contribution in [0.4, 0.5) is 0 Å². The Balaban J connectivity index is 1.81. The van der Waals surface area contributed by atoms with E-state index in [2.05, 4.69) is 20.7 Å². The molecular formula is C15H19N5OS. The van der Waals surface area contributed by atoms with E-state index < -0.39 is 0 Å². The lowest BCUT2D eigenvalue weighted by Gasteiger charge is -2.19. The summed E-state index contributed by atoms with van der Waals surface area (Å²) in [7, 11) is 0. The van der Waals surface area contributed by atoms with E-state index in [4.69, 9.17) is 0 Å². The van der Waals surface area contributed by atoms with E-state index in [-0.39, 0.29) is 5.25 Å². The molecule has 22 heavy (non-hydrogen) atoms. The predicted molar refractivity (Wildman–Crippen MR) is 85.7 cm³/mol. The van der Waals surface area contributed by atoms with Gasteiger partial charge in [0, 0.05) is 0 Å². The highest BCUT2D eigenvalue weighted by Crippen LogP contribution is 2.30. The lowest BCUT2D eigenvalue weighted by atomic mass is 9.99. The average molecular weight is 317 g/mol. The number of rotatable bonds is 3. The number of para-hydroxylation sites is 1. The third kappa shape index (κ3) is 3.47. The molecule has 0 aliphatic heterocycles. The molecule has 1 aromatic carbocycles. The van der Waals surface area contributed by atoms with Crippen LogP contribution in [0.5, 0.6) is 0 Å². The van der Waals surface area contributed by atoms with Gasteiger partial charge in [0.2, 0.25) is 5.16 Å². The molecule has 0 bridgehead atoms. The van der Waals surface area contributed by atoms with Gasteiger partial charge in [-0.05, 0) is 41.8 Å². The Hall–Kier alpha value is -1.89. The predicted octanol–water partition coefficient (Wildman–Crippen LogP) is 3.31. The third-order valence-corrected chi connectivity index (χ3v) is 5.10. The number of tetrazole rings is 1. The van der Waals surface area contributed by atoms with E-state index in [1.165, 1.54) is 12.8 Å². The van der Waals surface area contributed by atoms with Crippen LogP contribution >= 0.6 is 11.8 Å². The van der Waals surface area contributed by atoms with E-state index in [0.717, 1.165) is 42.2 Å². The Morgan fingerprint density at radius 3 is 2.77 bits per heavy atom. The highest BCUT2D eigenvalue weighted by Gasteiger charge is 2.23. The Morgan fingerprint density at radius 2 is 1.95 bits per heavy atom. The summed E-state index contributed by atoms with van der Waals surface area (Å²) in [5, 5.41) is 25.7. The number of oxime groups is 1. The zero-order valence-corrected chi connectivity index (χ0v) is 13.1. The van der Waals surface area contributed by atoms with Gasteiger partial charge < -0.3 is 5.21 Å². The fourth-order valence-corrected chi connectivity index (χ4v) is 3.83. The fraction of sp³-hybridized carbons (Fsp3) is 0.467. The van der Waals surface area contributed by atoms with E-state index >= 15 is 0 Å².